The number of nitrogens with two attached hydrogens (primary N) is 6. The number of guanidine groups is 2. The van der Waals surface area contributed by atoms with E-state index < -0.39 is 77.5 Å². The molecule has 3 rings (SSSR count). The normalized spacial score (nSPS) is 15.4. The Morgan fingerprint density at radius 3 is 1.58 bits per heavy atom. The summed E-state index contributed by atoms with van der Waals surface area (Å²) in [5.74, 6) is -5.05. The van der Waals surface area contributed by atoms with Crippen LogP contribution in [0.15, 0.2) is 58.5 Å². The molecule has 20 nitrogen and oxygen atoms in total. The molecule has 0 bridgehead atoms. The molecule has 1 fully saturated rings. The summed E-state index contributed by atoms with van der Waals surface area (Å²) in [6.45, 7) is 1.80. The Hall–Kier alpha value is -6.51. The fourth-order valence-corrected chi connectivity index (χ4v) is 7.25. The van der Waals surface area contributed by atoms with E-state index in [4.69, 9.17) is 34.4 Å². The lowest BCUT2D eigenvalue weighted by Gasteiger charge is -2.30. The zero-order chi connectivity index (χ0) is 47.2. The van der Waals surface area contributed by atoms with E-state index in [0.29, 0.717) is 24.0 Å². The summed E-state index contributed by atoms with van der Waals surface area (Å²) < 4.78 is 13.7. The maximum atomic E-state index is 14.4. The van der Waals surface area contributed by atoms with Crippen molar-refractivity contribution in [3.63, 3.8) is 0 Å². The minimum atomic E-state index is -1.27. The minimum absolute atomic E-state index is 0.00283. The number of carbonyl (C=O) groups is 6. The van der Waals surface area contributed by atoms with E-state index in [0.717, 1.165) is 32.1 Å². The average Bonchev–Trinajstić information content (AvgIpc) is 3.24. The second-order valence-corrected chi connectivity index (χ2v) is 16.2. The highest BCUT2D eigenvalue weighted by molar-refractivity contribution is 5.96. The quantitative estimate of drug-likeness (QED) is 0.0309. The average molecular weight is 896 g/mol. The van der Waals surface area contributed by atoms with Crippen molar-refractivity contribution >= 4 is 47.4 Å². The van der Waals surface area contributed by atoms with Gasteiger partial charge in [0, 0.05) is 25.9 Å². The minimum Gasteiger partial charge on any atom is -0.508 e. The van der Waals surface area contributed by atoms with Crippen LogP contribution in [0, 0.1) is 11.7 Å². The third-order valence-electron chi connectivity index (χ3n) is 10.8. The topological polar surface area (TPSA) is 364 Å². The van der Waals surface area contributed by atoms with Gasteiger partial charge in [0.25, 0.3) is 0 Å². The van der Waals surface area contributed by atoms with E-state index in [1.54, 1.807) is 12.1 Å². The molecule has 18 N–H and O–H groups in total. The number of carbonyl (C=O) groups excluding carboxylic acids is 6. The third kappa shape index (κ3) is 19.3. The molecule has 2 aromatic rings. The highest BCUT2D eigenvalue weighted by Gasteiger charge is 2.34. The third-order valence-corrected chi connectivity index (χ3v) is 10.8. The molecule has 0 heterocycles. The number of aromatic hydroxyl groups is 1. The summed E-state index contributed by atoms with van der Waals surface area (Å²) in [6.07, 6.45) is 5.77. The van der Waals surface area contributed by atoms with Gasteiger partial charge in [-0.3, -0.25) is 38.8 Å². The summed E-state index contributed by atoms with van der Waals surface area (Å²) in [7, 11) is 0. The highest BCUT2D eigenvalue weighted by atomic mass is 19.1. The Kier molecular flexibility index (Phi) is 21.7. The van der Waals surface area contributed by atoms with Crippen molar-refractivity contribution in [1.29, 1.82) is 0 Å². The molecule has 0 aromatic heterocycles. The number of hydrogen-bond donors (Lipinski definition) is 12. The Labute approximate surface area is 372 Å². The number of benzene rings is 2. The van der Waals surface area contributed by atoms with Gasteiger partial charge in [-0.05, 0) is 86.8 Å². The first kappa shape index (κ1) is 51.8. The smallest absolute Gasteiger partial charge is 0.243 e. The number of halogens is 1. The second-order valence-electron chi connectivity index (χ2n) is 16.2. The van der Waals surface area contributed by atoms with Gasteiger partial charge in [-0.1, -0.05) is 56.4 Å². The molecule has 6 atom stereocenters. The van der Waals surface area contributed by atoms with Crippen LogP contribution in [0.2, 0.25) is 0 Å². The number of amides is 6. The molecule has 352 valence electrons. The molecule has 0 aliphatic heterocycles. The molecule has 6 amide bonds. The van der Waals surface area contributed by atoms with E-state index in [2.05, 4.69) is 36.6 Å². The van der Waals surface area contributed by atoms with Crippen LogP contribution in [0.25, 0.3) is 0 Å². The van der Waals surface area contributed by atoms with Gasteiger partial charge in [-0.25, -0.2) is 4.39 Å². The monoisotopic (exact) mass is 896 g/mol. The van der Waals surface area contributed by atoms with Crippen molar-refractivity contribution in [3.05, 3.63) is 65.5 Å². The Morgan fingerprint density at radius 1 is 0.609 bits per heavy atom. The molecule has 0 unspecified atom stereocenters. The largest absolute Gasteiger partial charge is 0.508 e. The van der Waals surface area contributed by atoms with Gasteiger partial charge in [-0.15, -0.1) is 0 Å². The van der Waals surface area contributed by atoms with Gasteiger partial charge in [0.2, 0.25) is 35.4 Å². The molecule has 64 heavy (non-hydrogen) atoms. The van der Waals surface area contributed by atoms with Gasteiger partial charge < -0.3 is 66.1 Å². The first-order chi connectivity index (χ1) is 30.4. The number of hydrogen-bond acceptors (Lipinski definition) is 10. The van der Waals surface area contributed by atoms with E-state index >= 15 is 0 Å². The van der Waals surface area contributed by atoms with Gasteiger partial charge in [0.05, 0.1) is 6.04 Å². The molecular weight excluding hydrogens is 830 g/mol. The van der Waals surface area contributed by atoms with Crippen molar-refractivity contribution in [1.82, 2.24) is 26.6 Å². The van der Waals surface area contributed by atoms with Crippen LogP contribution in [0.1, 0.15) is 88.7 Å². The van der Waals surface area contributed by atoms with Gasteiger partial charge in [0.1, 0.15) is 41.8 Å². The number of phenols is 1. The highest BCUT2D eigenvalue weighted by Crippen LogP contribution is 2.27. The Balaban J connectivity index is 1.92. The van der Waals surface area contributed by atoms with Crippen LogP contribution < -0.4 is 61.0 Å². The number of nitrogens with zero attached hydrogens (tertiary/aromatic N) is 2. The van der Waals surface area contributed by atoms with Crippen LogP contribution in [0.4, 0.5) is 4.39 Å². The van der Waals surface area contributed by atoms with Gasteiger partial charge in [0.15, 0.2) is 11.9 Å². The van der Waals surface area contributed by atoms with E-state index in [1.165, 1.54) is 43.3 Å². The zero-order valence-corrected chi connectivity index (χ0v) is 36.4. The molecule has 1 saturated carbocycles. The number of rotatable bonds is 26. The maximum absolute atomic E-state index is 14.4. The summed E-state index contributed by atoms with van der Waals surface area (Å²) in [6, 6.07) is 4.34. The van der Waals surface area contributed by atoms with E-state index in [-0.39, 0.29) is 75.2 Å². The molecular formula is C43H66FN13O7. The van der Waals surface area contributed by atoms with Crippen LogP contribution in [-0.4, -0.2) is 102 Å². The molecule has 0 saturated heterocycles. The molecule has 1 aliphatic carbocycles. The number of phenolic OH excluding ortho intramolecular Hbond substituents is 1. The van der Waals surface area contributed by atoms with Crippen LogP contribution in [-0.2, 0) is 41.6 Å². The molecule has 0 spiro atoms. The Bertz CT molecular complexity index is 1900. The lowest BCUT2D eigenvalue weighted by Crippen LogP contribution is -2.60. The maximum Gasteiger partial charge on any atom is 0.243 e. The van der Waals surface area contributed by atoms with Gasteiger partial charge >= 0.3 is 0 Å². The fourth-order valence-electron chi connectivity index (χ4n) is 7.25. The van der Waals surface area contributed by atoms with Crippen molar-refractivity contribution in [2.45, 2.75) is 127 Å². The SMILES string of the molecule is C[C@H](N)C(=O)N[C@@H](Cc1ccc(F)cc1)C(=O)N[C@@H](CCCN=C(N)N)C(=O)N[C@@H](CC1CCCCC1)C(=O)N[C@@H](CCCCN=C(N)N)C(=O)N[C@@H](Cc1ccc(O)cc1)C(N)=O. The predicted molar refractivity (Wildman–Crippen MR) is 240 cm³/mol. The summed E-state index contributed by atoms with van der Waals surface area (Å²) in [5.41, 5.74) is 34.6. The summed E-state index contributed by atoms with van der Waals surface area (Å²) in [4.78, 5) is 89.9. The summed E-state index contributed by atoms with van der Waals surface area (Å²) in [5, 5.41) is 23.3. The predicted octanol–water partition coefficient (Wildman–Crippen LogP) is -0.959. The van der Waals surface area contributed by atoms with Crippen molar-refractivity contribution in [2.24, 2.45) is 50.3 Å². The van der Waals surface area contributed by atoms with Crippen molar-refractivity contribution in [2.75, 3.05) is 13.1 Å². The first-order valence-corrected chi connectivity index (χ1v) is 21.6. The van der Waals surface area contributed by atoms with Crippen LogP contribution in [0.5, 0.6) is 5.75 Å². The number of aliphatic imine (C=N–C) groups is 2. The standard InChI is InChI=1S/C43H66FN13O7/c1-25(45)37(60)56-34(24-27-12-16-29(44)17-13-27)40(63)54-32(11-7-21-52-43(49)50)39(62)57-35(23-26-8-3-2-4-9-26)41(64)53-31(10-5-6-20-51-42(47)48)38(61)55-33(36(46)59)22-28-14-18-30(58)19-15-28/h12-19,25-26,31-35,58H,2-11,20-24,45H2,1H3,(H2,46,59)(H,53,64)(H,54,63)(H,55,61)(H,56,60)(H,57,62)(H4,47,48,51)(H4,49,50,52)/t25-,31-,32-,33-,34-,35-/m0/s1. The molecule has 1 aliphatic rings. The summed E-state index contributed by atoms with van der Waals surface area (Å²) >= 11 is 0. The molecule has 2 aromatic carbocycles. The molecule has 0 radical (unpaired) electrons. The van der Waals surface area contributed by atoms with Crippen LogP contribution >= 0.6 is 0 Å². The first-order valence-electron chi connectivity index (χ1n) is 21.6. The van der Waals surface area contributed by atoms with E-state index in [1.807, 2.05) is 0 Å². The van der Waals surface area contributed by atoms with E-state index in [9.17, 15) is 38.3 Å². The van der Waals surface area contributed by atoms with Gasteiger partial charge in [-0.2, -0.15) is 0 Å². The lowest BCUT2D eigenvalue weighted by atomic mass is 9.84. The number of unbranched alkanes of at least 4 members (excludes halogenated alkanes) is 1. The Morgan fingerprint density at radius 2 is 1.05 bits per heavy atom. The van der Waals surface area contributed by atoms with Crippen molar-refractivity contribution < 1.29 is 38.3 Å². The van der Waals surface area contributed by atoms with Crippen molar-refractivity contribution in [3.8, 4) is 5.75 Å². The lowest BCUT2D eigenvalue weighted by molar-refractivity contribution is -0.135. The zero-order valence-electron chi connectivity index (χ0n) is 36.4. The molecule has 21 heteroatoms. The second kappa shape index (κ2) is 26.8. The number of nitrogens with one attached hydrogen (secondary N) is 5. The number of primary amides is 1. The van der Waals surface area contributed by atoms with Crippen LogP contribution in [0.3, 0.4) is 0 Å². The fraction of sp³-hybridized carbons (Fsp3) is 0.535.